The van der Waals surface area contributed by atoms with Gasteiger partial charge in [0.15, 0.2) is 0 Å². The predicted molar refractivity (Wildman–Crippen MR) is 82.6 cm³/mol. The predicted octanol–water partition coefficient (Wildman–Crippen LogP) is 3.83. The first kappa shape index (κ1) is 16.2. The molecule has 0 radical (unpaired) electrons. The van der Waals surface area contributed by atoms with E-state index in [2.05, 4.69) is 56.4 Å². The van der Waals surface area contributed by atoms with Gasteiger partial charge in [0.05, 0.1) is 6.61 Å². The summed E-state index contributed by atoms with van der Waals surface area (Å²) in [7, 11) is 0. The summed E-state index contributed by atoms with van der Waals surface area (Å²) in [6.45, 7) is 10.5. The molecule has 0 aliphatic heterocycles. The fourth-order valence-electron chi connectivity index (χ4n) is 1.96. The molecule has 1 aromatic rings. The van der Waals surface area contributed by atoms with Crippen LogP contribution < -0.4 is 5.32 Å². The molecule has 0 bridgehead atoms. The second kappa shape index (κ2) is 9.99. The van der Waals surface area contributed by atoms with Crippen LogP contribution in [-0.2, 0) is 4.74 Å². The Labute approximate surface area is 118 Å². The van der Waals surface area contributed by atoms with Crippen LogP contribution >= 0.6 is 0 Å². The summed E-state index contributed by atoms with van der Waals surface area (Å²) in [5, 5.41) is 3.45. The van der Waals surface area contributed by atoms with Crippen LogP contribution in [0.1, 0.15) is 45.1 Å². The zero-order chi connectivity index (χ0) is 13.9. The lowest BCUT2D eigenvalue weighted by Crippen LogP contribution is -2.22. The van der Waals surface area contributed by atoms with E-state index >= 15 is 0 Å². The van der Waals surface area contributed by atoms with Crippen molar-refractivity contribution in [3.63, 3.8) is 0 Å². The van der Waals surface area contributed by atoms with Crippen molar-refractivity contribution < 1.29 is 4.74 Å². The van der Waals surface area contributed by atoms with Gasteiger partial charge in [0.1, 0.15) is 0 Å². The van der Waals surface area contributed by atoms with Gasteiger partial charge < -0.3 is 10.1 Å². The molecule has 108 valence electrons. The zero-order valence-corrected chi connectivity index (χ0v) is 12.7. The molecular formula is C17H29NO. The average molecular weight is 263 g/mol. The molecule has 0 spiro atoms. The van der Waals surface area contributed by atoms with Crippen molar-refractivity contribution >= 4 is 0 Å². The van der Waals surface area contributed by atoms with Crippen LogP contribution in [0.15, 0.2) is 30.3 Å². The molecule has 1 unspecified atom stereocenters. The highest BCUT2D eigenvalue weighted by Gasteiger charge is 2.03. The maximum atomic E-state index is 5.57. The molecule has 0 saturated heterocycles. The van der Waals surface area contributed by atoms with E-state index in [4.69, 9.17) is 4.74 Å². The first-order chi connectivity index (χ1) is 9.20. The molecule has 2 heteroatoms. The number of hydrogen-bond donors (Lipinski definition) is 1. The minimum atomic E-state index is 0.621. The van der Waals surface area contributed by atoms with Gasteiger partial charge in [0.25, 0.3) is 0 Å². The first-order valence-corrected chi connectivity index (χ1v) is 7.53. The molecule has 1 atom stereocenters. The van der Waals surface area contributed by atoms with E-state index in [9.17, 15) is 0 Å². The van der Waals surface area contributed by atoms with Gasteiger partial charge in [-0.15, -0.1) is 0 Å². The third-order valence-electron chi connectivity index (χ3n) is 3.39. The molecule has 0 aliphatic rings. The Kier molecular flexibility index (Phi) is 8.52. The third kappa shape index (κ3) is 8.02. The average Bonchev–Trinajstić information content (AvgIpc) is 2.42. The minimum absolute atomic E-state index is 0.621. The topological polar surface area (TPSA) is 21.3 Å². The van der Waals surface area contributed by atoms with Gasteiger partial charge in [-0.1, -0.05) is 51.1 Å². The van der Waals surface area contributed by atoms with E-state index in [1.165, 1.54) is 12.0 Å². The molecule has 1 N–H and O–H groups in total. The maximum Gasteiger partial charge on any atom is 0.0590 e. The Morgan fingerprint density at radius 3 is 2.37 bits per heavy atom. The molecule has 0 aromatic heterocycles. The summed E-state index contributed by atoms with van der Waals surface area (Å²) in [5.41, 5.74) is 1.43. The molecule has 2 nitrogen and oxygen atoms in total. The van der Waals surface area contributed by atoms with Crippen molar-refractivity contribution in [1.29, 1.82) is 0 Å². The van der Waals surface area contributed by atoms with Crippen molar-refractivity contribution in [2.45, 2.75) is 39.5 Å². The van der Waals surface area contributed by atoms with Gasteiger partial charge in [-0.25, -0.2) is 0 Å². The van der Waals surface area contributed by atoms with Crippen LogP contribution in [0.2, 0.25) is 0 Å². The van der Waals surface area contributed by atoms with Gasteiger partial charge in [0.2, 0.25) is 0 Å². The quantitative estimate of drug-likeness (QED) is 0.648. The van der Waals surface area contributed by atoms with E-state index < -0.39 is 0 Å². The fraction of sp³-hybridized carbons (Fsp3) is 0.647. The highest BCUT2D eigenvalue weighted by Crippen LogP contribution is 2.17. The zero-order valence-electron chi connectivity index (χ0n) is 12.7. The normalized spacial score (nSPS) is 12.8. The Hall–Kier alpha value is -0.860. The van der Waals surface area contributed by atoms with Crippen molar-refractivity contribution in [2.75, 3.05) is 26.3 Å². The van der Waals surface area contributed by atoms with Crippen LogP contribution in [0.5, 0.6) is 0 Å². The van der Waals surface area contributed by atoms with Crippen LogP contribution in [0.25, 0.3) is 0 Å². The maximum absolute atomic E-state index is 5.57. The molecule has 1 rings (SSSR count). The molecule has 0 fully saturated rings. The van der Waals surface area contributed by atoms with E-state index in [0.29, 0.717) is 5.92 Å². The Balaban J connectivity index is 1.96. The van der Waals surface area contributed by atoms with Crippen LogP contribution in [-0.4, -0.2) is 26.3 Å². The number of hydrogen-bond acceptors (Lipinski definition) is 2. The largest absolute Gasteiger partial charge is 0.380 e. The van der Waals surface area contributed by atoms with Crippen LogP contribution in [0.4, 0.5) is 0 Å². The first-order valence-electron chi connectivity index (χ1n) is 7.53. The van der Waals surface area contributed by atoms with E-state index in [0.717, 1.165) is 38.6 Å². The number of rotatable bonds is 10. The molecule has 0 amide bonds. The smallest absolute Gasteiger partial charge is 0.0590 e. The summed E-state index contributed by atoms with van der Waals surface area (Å²) in [6, 6.07) is 10.7. The lowest BCUT2D eigenvalue weighted by atomic mass is 9.98. The summed E-state index contributed by atoms with van der Waals surface area (Å²) >= 11 is 0. The SMILES string of the molecule is CC(C)CCOCCNCCC(C)c1ccccc1. The molecule has 1 aromatic carbocycles. The summed E-state index contributed by atoms with van der Waals surface area (Å²) in [5.74, 6) is 1.36. The van der Waals surface area contributed by atoms with Gasteiger partial charge in [0, 0.05) is 13.2 Å². The Morgan fingerprint density at radius 2 is 1.68 bits per heavy atom. The van der Waals surface area contributed by atoms with Gasteiger partial charge in [-0.3, -0.25) is 0 Å². The molecule has 0 aliphatic carbocycles. The second-order valence-electron chi connectivity index (χ2n) is 5.65. The van der Waals surface area contributed by atoms with Crippen molar-refractivity contribution in [3.05, 3.63) is 35.9 Å². The number of benzene rings is 1. The highest BCUT2D eigenvalue weighted by molar-refractivity contribution is 5.18. The lowest BCUT2D eigenvalue weighted by Gasteiger charge is -2.12. The van der Waals surface area contributed by atoms with Crippen molar-refractivity contribution in [3.8, 4) is 0 Å². The fourth-order valence-corrected chi connectivity index (χ4v) is 1.96. The van der Waals surface area contributed by atoms with E-state index in [-0.39, 0.29) is 0 Å². The van der Waals surface area contributed by atoms with E-state index in [1.807, 2.05) is 0 Å². The minimum Gasteiger partial charge on any atom is -0.380 e. The van der Waals surface area contributed by atoms with Gasteiger partial charge >= 0.3 is 0 Å². The Morgan fingerprint density at radius 1 is 0.947 bits per heavy atom. The number of nitrogens with one attached hydrogen (secondary N) is 1. The molecule has 0 saturated carbocycles. The third-order valence-corrected chi connectivity index (χ3v) is 3.39. The standard InChI is InChI=1S/C17H29NO/c1-15(2)10-13-19-14-12-18-11-9-16(3)17-7-5-4-6-8-17/h4-8,15-16,18H,9-14H2,1-3H3. The Bertz CT molecular complexity index is 310. The molecule has 19 heavy (non-hydrogen) atoms. The monoisotopic (exact) mass is 263 g/mol. The van der Waals surface area contributed by atoms with Crippen LogP contribution in [0, 0.1) is 5.92 Å². The van der Waals surface area contributed by atoms with Crippen LogP contribution in [0.3, 0.4) is 0 Å². The summed E-state index contributed by atoms with van der Waals surface area (Å²) in [6.07, 6.45) is 2.33. The second-order valence-corrected chi connectivity index (χ2v) is 5.65. The van der Waals surface area contributed by atoms with Gasteiger partial charge in [-0.05, 0) is 36.8 Å². The molecular weight excluding hydrogens is 234 g/mol. The van der Waals surface area contributed by atoms with Crippen molar-refractivity contribution in [2.24, 2.45) is 5.92 Å². The summed E-state index contributed by atoms with van der Waals surface area (Å²) in [4.78, 5) is 0. The highest BCUT2D eigenvalue weighted by atomic mass is 16.5. The molecule has 0 heterocycles. The lowest BCUT2D eigenvalue weighted by molar-refractivity contribution is 0.125. The van der Waals surface area contributed by atoms with Gasteiger partial charge in [-0.2, -0.15) is 0 Å². The summed E-state index contributed by atoms with van der Waals surface area (Å²) < 4.78 is 5.57. The number of ether oxygens (including phenoxy) is 1. The van der Waals surface area contributed by atoms with E-state index in [1.54, 1.807) is 0 Å². The van der Waals surface area contributed by atoms with Crippen molar-refractivity contribution in [1.82, 2.24) is 5.32 Å².